The number of rotatable bonds is 4. The Morgan fingerprint density at radius 1 is 1.28 bits per heavy atom. The molecular formula is C13H16N4O. The maximum absolute atomic E-state index is 11.9. The number of benzene rings is 1. The van der Waals surface area contributed by atoms with Crippen molar-refractivity contribution in [2.45, 2.75) is 13.0 Å². The second kappa shape index (κ2) is 5.55. The standard InChI is InChI=1S/C13H16N4O/c1-9(14-2)8-17-13(18)10-3-4-11-12(7-10)16-6-5-15-11/h3-7,9,14H,8H2,1-2H3,(H,17,18). The predicted molar refractivity (Wildman–Crippen MR) is 70.4 cm³/mol. The molecule has 1 aromatic carbocycles. The second-order valence-corrected chi connectivity index (χ2v) is 4.16. The molecule has 0 saturated heterocycles. The van der Waals surface area contributed by atoms with Crippen molar-refractivity contribution >= 4 is 16.9 Å². The third-order valence-electron chi connectivity index (χ3n) is 2.79. The summed E-state index contributed by atoms with van der Waals surface area (Å²) in [6.07, 6.45) is 3.25. The van der Waals surface area contributed by atoms with E-state index in [4.69, 9.17) is 0 Å². The van der Waals surface area contributed by atoms with Gasteiger partial charge in [-0.15, -0.1) is 0 Å². The van der Waals surface area contributed by atoms with Gasteiger partial charge in [-0.25, -0.2) is 0 Å². The first-order valence-electron chi connectivity index (χ1n) is 5.87. The number of likely N-dealkylation sites (N-methyl/N-ethyl adjacent to an activating group) is 1. The van der Waals surface area contributed by atoms with Crippen LogP contribution in [0.1, 0.15) is 17.3 Å². The summed E-state index contributed by atoms with van der Waals surface area (Å²) in [6.45, 7) is 2.60. The molecule has 1 heterocycles. The van der Waals surface area contributed by atoms with Crippen LogP contribution in [-0.4, -0.2) is 35.5 Å². The highest BCUT2D eigenvalue weighted by Gasteiger charge is 2.08. The van der Waals surface area contributed by atoms with Gasteiger partial charge in [0.2, 0.25) is 0 Å². The summed E-state index contributed by atoms with van der Waals surface area (Å²) >= 11 is 0. The van der Waals surface area contributed by atoms with Crippen molar-refractivity contribution in [2.24, 2.45) is 0 Å². The third-order valence-corrected chi connectivity index (χ3v) is 2.79. The molecule has 1 unspecified atom stereocenters. The Kier molecular flexibility index (Phi) is 3.84. The minimum Gasteiger partial charge on any atom is -0.350 e. The Bertz CT molecular complexity index is 555. The second-order valence-electron chi connectivity index (χ2n) is 4.16. The summed E-state index contributed by atoms with van der Waals surface area (Å²) in [6, 6.07) is 5.56. The van der Waals surface area contributed by atoms with Gasteiger partial charge in [0.1, 0.15) is 0 Å². The molecule has 1 aromatic heterocycles. The lowest BCUT2D eigenvalue weighted by molar-refractivity contribution is 0.0950. The number of fused-ring (bicyclic) bond motifs is 1. The summed E-state index contributed by atoms with van der Waals surface area (Å²) in [5.74, 6) is -0.0929. The van der Waals surface area contributed by atoms with E-state index in [9.17, 15) is 4.79 Å². The Hall–Kier alpha value is -2.01. The summed E-state index contributed by atoms with van der Waals surface area (Å²) < 4.78 is 0. The Balaban J connectivity index is 2.13. The summed E-state index contributed by atoms with van der Waals surface area (Å²) in [7, 11) is 1.86. The minimum atomic E-state index is -0.0929. The van der Waals surface area contributed by atoms with Crippen LogP contribution in [0.15, 0.2) is 30.6 Å². The molecular weight excluding hydrogens is 228 g/mol. The van der Waals surface area contributed by atoms with Gasteiger partial charge in [0.25, 0.3) is 5.91 Å². The Morgan fingerprint density at radius 3 is 2.72 bits per heavy atom. The fourth-order valence-electron chi connectivity index (χ4n) is 1.55. The van der Waals surface area contributed by atoms with E-state index in [0.29, 0.717) is 12.1 Å². The van der Waals surface area contributed by atoms with Crippen LogP contribution in [0.25, 0.3) is 11.0 Å². The van der Waals surface area contributed by atoms with Gasteiger partial charge in [-0.2, -0.15) is 0 Å². The topological polar surface area (TPSA) is 66.9 Å². The number of carbonyl (C=O) groups excluding carboxylic acids is 1. The number of carbonyl (C=O) groups is 1. The first-order chi connectivity index (χ1) is 8.70. The molecule has 0 saturated carbocycles. The third kappa shape index (κ3) is 2.81. The van der Waals surface area contributed by atoms with Gasteiger partial charge in [0.05, 0.1) is 11.0 Å². The lowest BCUT2D eigenvalue weighted by Gasteiger charge is -2.11. The lowest BCUT2D eigenvalue weighted by Crippen LogP contribution is -2.37. The Morgan fingerprint density at radius 2 is 2.00 bits per heavy atom. The largest absolute Gasteiger partial charge is 0.350 e. The molecule has 0 bridgehead atoms. The lowest BCUT2D eigenvalue weighted by atomic mass is 10.2. The molecule has 1 amide bonds. The van der Waals surface area contributed by atoms with Gasteiger partial charge in [-0.1, -0.05) is 0 Å². The average molecular weight is 244 g/mol. The molecule has 1 atom stereocenters. The highest BCUT2D eigenvalue weighted by molar-refractivity contribution is 5.97. The number of aromatic nitrogens is 2. The van der Waals surface area contributed by atoms with E-state index >= 15 is 0 Å². The van der Waals surface area contributed by atoms with E-state index in [1.807, 2.05) is 14.0 Å². The normalized spacial score (nSPS) is 12.3. The van der Waals surface area contributed by atoms with E-state index in [1.54, 1.807) is 30.6 Å². The zero-order valence-electron chi connectivity index (χ0n) is 10.5. The fourth-order valence-corrected chi connectivity index (χ4v) is 1.55. The van der Waals surface area contributed by atoms with Crippen molar-refractivity contribution < 1.29 is 4.79 Å². The van der Waals surface area contributed by atoms with Gasteiger partial charge < -0.3 is 10.6 Å². The molecule has 0 spiro atoms. The van der Waals surface area contributed by atoms with Gasteiger partial charge in [-0.3, -0.25) is 14.8 Å². The average Bonchev–Trinajstić information content (AvgIpc) is 2.43. The summed E-state index contributed by atoms with van der Waals surface area (Å²) in [4.78, 5) is 20.3. The van der Waals surface area contributed by atoms with E-state index in [0.717, 1.165) is 11.0 Å². The van der Waals surface area contributed by atoms with Crippen LogP contribution in [0.3, 0.4) is 0 Å². The van der Waals surface area contributed by atoms with Gasteiger partial charge in [0, 0.05) is 30.5 Å². The number of hydrogen-bond donors (Lipinski definition) is 2. The van der Waals surface area contributed by atoms with E-state index in [1.165, 1.54) is 0 Å². The van der Waals surface area contributed by atoms with Crippen LogP contribution in [0, 0.1) is 0 Å². The molecule has 94 valence electrons. The fraction of sp³-hybridized carbons (Fsp3) is 0.308. The molecule has 0 aliphatic heterocycles. The molecule has 0 aliphatic rings. The van der Waals surface area contributed by atoms with Crippen molar-refractivity contribution in [3.8, 4) is 0 Å². The van der Waals surface area contributed by atoms with Crippen LogP contribution in [0.2, 0.25) is 0 Å². The number of nitrogens with one attached hydrogen (secondary N) is 2. The SMILES string of the molecule is CNC(C)CNC(=O)c1ccc2nccnc2c1. The predicted octanol–water partition coefficient (Wildman–Crippen LogP) is 0.967. The van der Waals surface area contributed by atoms with Crippen molar-refractivity contribution in [3.63, 3.8) is 0 Å². The van der Waals surface area contributed by atoms with Gasteiger partial charge >= 0.3 is 0 Å². The number of nitrogens with zero attached hydrogens (tertiary/aromatic N) is 2. The minimum absolute atomic E-state index is 0.0929. The molecule has 2 rings (SSSR count). The van der Waals surface area contributed by atoms with Crippen LogP contribution in [-0.2, 0) is 0 Å². The molecule has 0 aliphatic carbocycles. The van der Waals surface area contributed by atoms with Crippen molar-refractivity contribution in [1.82, 2.24) is 20.6 Å². The first-order valence-corrected chi connectivity index (χ1v) is 5.87. The highest BCUT2D eigenvalue weighted by atomic mass is 16.1. The van der Waals surface area contributed by atoms with Gasteiger partial charge in [-0.05, 0) is 32.2 Å². The van der Waals surface area contributed by atoms with E-state index in [2.05, 4.69) is 20.6 Å². The van der Waals surface area contributed by atoms with Crippen molar-refractivity contribution in [1.29, 1.82) is 0 Å². The monoisotopic (exact) mass is 244 g/mol. The first kappa shape index (κ1) is 12.4. The number of amides is 1. The van der Waals surface area contributed by atoms with Crippen LogP contribution < -0.4 is 10.6 Å². The quantitative estimate of drug-likeness (QED) is 0.841. The molecule has 18 heavy (non-hydrogen) atoms. The van der Waals surface area contributed by atoms with Crippen molar-refractivity contribution in [2.75, 3.05) is 13.6 Å². The van der Waals surface area contributed by atoms with E-state index in [-0.39, 0.29) is 11.9 Å². The number of hydrogen-bond acceptors (Lipinski definition) is 4. The molecule has 0 radical (unpaired) electrons. The molecule has 2 N–H and O–H groups in total. The summed E-state index contributed by atoms with van der Waals surface area (Å²) in [5, 5.41) is 5.93. The van der Waals surface area contributed by atoms with Crippen LogP contribution >= 0.6 is 0 Å². The summed E-state index contributed by atoms with van der Waals surface area (Å²) in [5.41, 5.74) is 2.12. The van der Waals surface area contributed by atoms with Crippen LogP contribution in [0.4, 0.5) is 0 Å². The highest BCUT2D eigenvalue weighted by Crippen LogP contribution is 2.10. The zero-order valence-corrected chi connectivity index (χ0v) is 10.5. The van der Waals surface area contributed by atoms with Crippen LogP contribution in [0.5, 0.6) is 0 Å². The molecule has 5 heteroatoms. The smallest absolute Gasteiger partial charge is 0.251 e. The maximum Gasteiger partial charge on any atom is 0.251 e. The van der Waals surface area contributed by atoms with Crippen molar-refractivity contribution in [3.05, 3.63) is 36.2 Å². The molecule has 2 aromatic rings. The van der Waals surface area contributed by atoms with E-state index < -0.39 is 0 Å². The molecule has 5 nitrogen and oxygen atoms in total. The zero-order chi connectivity index (χ0) is 13.0. The molecule has 0 fully saturated rings. The maximum atomic E-state index is 11.9. The Labute approximate surface area is 106 Å². The van der Waals surface area contributed by atoms with Gasteiger partial charge in [0.15, 0.2) is 0 Å².